The normalized spacial score (nSPS) is 15.4. The van der Waals surface area contributed by atoms with Crippen molar-refractivity contribution in [1.82, 2.24) is 10.6 Å². The Hall–Kier alpha value is -3.07. The molecule has 0 fully saturated rings. The van der Waals surface area contributed by atoms with E-state index in [0.717, 1.165) is 17.7 Å². The van der Waals surface area contributed by atoms with Gasteiger partial charge in [-0.05, 0) is 36.2 Å². The predicted molar refractivity (Wildman–Crippen MR) is 90.5 cm³/mol. The first-order chi connectivity index (χ1) is 12.2. The Morgan fingerprint density at radius 3 is 2.96 bits per heavy atom. The first-order valence-corrected chi connectivity index (χ1v) is 8.06. The highest BCUT2D eigenvalue weighted by Gasteiger charge is 2.19. The van der Waals surface area contributed by atoms with Gasteiger partial charge in [0, 0.05) is 24.6 Å². The molecule has 1 aliphatic heterocycles. The van der Waals surface area contributed by atoms with Crippen molar-refractivity contribution in [3.63, 3.8) is 0 Å². The minimum Gasteiger partial charge on any atom is -0.493 e. The molecule has 0 saturated carbocycles. The van der Waals surface area contributed by atoms with E-state index in [2.05, 4.69) is 10.6 Å². The number of urea groups is 1. The molecule has 128 valence electrons. The number of nitrogens with one attached hydrogen (secondary N) is 2. The standard InChI is InChI=1S/C19H18FN3O2/c20-17-6-5-13(9-21)7-16(17)11-23-19(24)22-10-14-8-15-3-1-2-4-18(15)25-12-14/h1-7,14H,8,10-12H2,(H2,22,23,24)/t14-/m1/s1. The smallest absolute Gasteiger partial charge is 0.315 e. The summed E-state index contributed by atoms with van der Waals surface area (Å²) in [7, 11) is 0. The van der Waals surface area contributed by atoms with Gasteiger partial charge in [-0.2, -0.15) is 5.26 Å². The van der Waals surface area contributed by atoms with E-state index in [1.165, 1.54) is 18.2 Å². The van der Waals surface area contributed by atoms with Gasteiger partial charge in [0.1, 0.15) is 11.6 Å². The Morgan fingerprint density at radius 2 is 2.12 bits per heavy atom. The molecule has 25 heavy (non-hydrogen) atoms. The van der Waals surface area contributed by atoms with Crippen LogP contribution >= 0.6 is 0 Å². The maximum atomic E-state index is 13.7. The molecule has 0 aromatic heterocycles. The molecule has 1 heterocycles. The number of nitriles is 1. The molecule has 0 radical (unpaired) electrons. The Bertz CT molecular complexity index is 817. The minimum absolute atomic E-state index is 0.0250. The summed E-state index contributed by atoms with van der Waals surface area (Å²) < 4.78 is 19.4. The van der Waals surface area contributed by atoms with Crippen molar-refractivity contribution < 1.29 is 13.9 Å². The summed E-state index contributed by atoms with van der Waals surface area (Å²) in [6.45, 7) is 1.05. The van der Waals surface area contributed by atoms with Crippen molar-refractivity contribution in [2.75, 3.05) is 13.2 Å². The van der Waals surface area contributed by atoms with Crippen LogP contribution in [0.5, 0.6) is 5.75 Å². The quantitative estimate of drug-likeness (QED) is 0.899. The van der Waals surface area contributed by atoms with Crippen LogP contribution in [0.25, 0.3) is 0 Å². The first kappa shape index (κ1) is 16.8. The van der Waals surface area contributed by atoms with E-state index in [9.17, 15) is 9.18 Å². The molecule has 3 rings (SSSR count). The number of carbonyl (C=O) groups is 1. The van der Waals surface area contributed by atoms with Crippen molar-refractivity contribution in [2.45, 2.75) is 13.0 Å². The van der Waals surface area contributed by atoms with E-state index >= 15 is 0 Å². The lowest BCUT2D eigenvalue weighted by molar-refractivity contribution is 0.211. The van der Waals surface area contributed by atoms with Gasteiger partial charge in [0.15, 0.2) is 0 Å². The van der Waals surface area contributed by atoms with Gasteiger partial charge in [0.05, 0.1) is 18.2 Å². The van der Waals surface area contributed by atoms with Crippen molar-refractivity contribution in [3.05, 3.63) is 65.0 Å². The van der Waals surface area contributed by atoms with Gasteiger partial charge in [-0.3, -0.25) is 0 Å². The van der Waals surface area contributed by atoms with Gasteiger partial charge in [-0.1, -0.05) is 18.2 Å². The molecule has 2 aromatic carbocycles. The maximum Gasteiger partial charge on any atom is 0.315 e. The fourth-order valence-corrected chi connectivity index (χ4v) is 2.78. The lowest BCUT2D eigenvalue weighted by Gasteiger charge is -2.25. The third kappa shape index (κ3) is 4.27. The molecular formula is C19H18FN3O2. The second-order valence-electron chi connectivity index (χ2n) is 5.97. The second kappa shape index (κ2) is 7.67. The monoisotopic (exact) mass is 339 g/mol. The van der Waals surface area contributed by atoms with Crippen LogP contribution in [-0.2, 0) is 13.0 Å². The third-order valence-electron chi connectivity index (χ3n) is 4.12. The highest BCUT2D eigenvalue weighted by atomic mass is 19.1. The van der Waals surface area contributed by atoms with E-state index < -0.39 is 5.82 Å². The molecule has 0 bridgehead atoms. The molecule has 0 saturated heterocycles. The first-order valence-electron chi connectivity index (χ1n) is 8.06. The van der Waals surface area contributed by atoms with E-state index in [0.29, 0.717) is 18.7 Å². The largest absolute Gasteiger partial charge is 0.493 e. The Labute approximate surface area is 145 Å². The lowest BCUT2D eigenvalue weighted by atomic mass is 9.97. The van der Waals surface area contributed by atoms with Crippen LogP contribution in [0.1, 0.15) is 16.7 Å². The Balaban J connectivity index is 1.47. The summed E-state index contributed by atoms with van der Waals surface area (Å²) in [5.41, 5.74) is 1.78. The van der Waals surface area contributed by atoms with Gasteiger partial charge in [0.25, 0.3) is 0 Å². The summed E-state index contributed by atoms with van der Waals surface area (Å²) in [6, 6.07) is 13.5. The van der Waals surface area contributed by atoms with Gasteiger partial charge >= 0.3 is 6.03 Å². The number of amides is 2. The fraction of sp³-hybridized carbons (Fsp3) is 0.263. The average molecular weight is 339 g/mol. The number of nitrogens with zero attached hydrogens (tertiary/aromatic N) is 1. The third-order valence-corrected chi connectivity index (χ3v) is 4.12. The molecule has 2 aromatic rings. The fourth-order valence-electron chi connectivity index (χ4n) is 2.78. The zero-order valence-corrected chi connectivity index (χ0v) is 13.6. The summed E-state index contributed by atoms with van der Waals surface area (Å²) >= 11 is 0. The molecule has 5 nitrogen and oxygen atoms in total. The van der Waals surface area contributed by atoms with Crippen LogP contribution in [0.3, 0.4) is 0 Å². The number of carbonyl (C=O) groups excluding carboxylic acids is 1. The second-order valence-corrected chi connectivity index (χ2v) is 5.97. The number of ether oxygens (including phenoxy) is 1. The topological polar surface area (TPSA) is 74.2 Å². The van der Waals surface area contributed by atoms with Gasteiger partial charge in [0.2, 0.25) is 0 Å². The van der Waals surface area contributed by atoms with Crippen LogP contribution in [0.2, 0.25) is 0 Å². The number of rotatable bonds is 4. The van der Waals surface area contributed by atoms with Crippen LogP contribution in [0.15, 0.2) is 42.5 Å². The van der Waals surface area contributed by atoms with E-state index in [4.69, 9.17) is 10.00 Å². The zero-order valence-electron chi connectivity index (χ0n) is 13.6. The van der Waals surface area contributed by atoms with Gasteiger partial charge < -0.3 is 15.4 Å². The number of benzene rings is 2. The number of hydrogen-bond donors (Lipinski definition) is 2. The minimum atomic E-state index is -0.448. The molecule has 6 heteroatoms. The Kier molecular flexibility index (Phi) is 5.14. The number of halogens is 1. The molecule has 2 N–H and O–H groups in total. The van der Waals surface area contributed by atoms with Crippen LogP contribution < -0.4 is 15.4 Å². The molecular weight excluding hydrogens is 321 g/mol. The van der Waals surface area contributed by atoms with Crippen molar-refractivity contribution in [3.8, 4) is 11.8 Å². The summed E-state index contributed by atoms with van der Waals surface area (Å²) in [6.07, 6.45) is 0.843. The maximum absolute atomic E-state index is 13.7. The van der Waals surface area contributed by atoms with Crippen molar-refractivity contribution in [2.24, 2.45) is 5.92 Å². The van der Waals surface area contributed by atoms with Crippen molar-refractivity contribution in [1.29, 1.82) is 5.26 Å². The van der Waals surface area contributed by atoms with E-state index in [1.807, 2.05) is 30.3 Å². The summed E-state index contributed by atoms with van der Waals surface area (Å²) in [4.78, 5) is 11.9. The zero-order chi connectivity index (χ0) is 17.6. The van der Waals surface area contributed by atoms with E-state index in [1.54, 1.807) is 0 Å². The molecule has 1 atom stereocenters. The van der Waals surface area contributed by atoms with Gasteiger partial charge in [-0.25, -0.2) is 9.18 Å². The Morgan fingerprint density at radius 1 is 1.28 bits per heavy atom. The molecule has 1 aliphatic rings. The molecule has 0 aliphatic carbocycles. The SMILES string of the molecule is N#Cc1ccc(F)c(CNC(=O)NC[C@@H]2COc3ccccc3C2)c1. The molecule has 2 amide bonds. The predicted octanol–water partition coefficient (Wildman–Crippen LogP) is 2.75. The highest BCUT2D eigenvalue weighted by molar-refractivity contribution is 5.73. The van der Waals surface area contributed by atoms with Crippen LogP contribution in [0.4, 0.5) is 9.18 Å². The van der Waals surface area contributed by atoms with E-state index in [-0.39, 0.29) is 24.1 Å². The number of hydrogen-bond acceptors (Lipinski definition) is 3. The number of para-hydroxylation sites is 1. The van der Waals surface area contributed by atoms with Crippen LogP contribution in [-0.4, -0.2) is 19.2 Å². The van der Waals surface area contributed by atoms with Gasteiger partial charge in [-0.15, -0.1) is 0 Å². The number of fused-ring (bicyclic) bond motifs is 1. The van der Waals surface area contributed by atoms with Crippen molar-refractivity contribution >= 4 is 6.03 Å². The van der Waals surface area contributed by atoms with Crippen LogP contribution in [0, 0.1) is 23.1 Å². The molecule has 0 unspecified atom stereocenters. The highest BCUT2D eigenvalue weighted by Crippen LogP contribution is 2.26. The average Bonchev–Trinajstić information content (AvgIpc) is 2.65. The summed E-state index contributed by atoms with van der Waals surface area (Å²) in [5.74, 6) is 0.645. The lowest BCUT2D eigenvalue weighted by Crippen LogP contribution is -2.40. The molecule has 0 spiro atoms. The summed E-state index contributed by atoms with van der Waals surface area (Å²) in [5, 5.41) is 14.2.